The molecule has 0 aromatic carbocycles. The normalized spacial score (nSPS) is 29.0. The Morgan fingerprint density at radius 3 is 3.08 bits per heavy atom. The smallest absolute Gasteiger partial charge is 0.321 e. The minimum absolute atomic E-state index is 0.0240. The van der Waals surface area contributed by atoms with E-state index in [1.165, 1.54) is 6.42 Å². The van der Waals surface area contributed by atoms with Crippen LogP contribution in [0.15, 0.2) is 21.2 Å². The van der Waals surface area contributed by atoms with E-state index in [2.05, 4.69) is 15.5 Å². The van der Waals surface area contributed by atoms with Gasteiger partial charge in [0.25, 0.3) is 0 Å². The zero-order valence-corrected chi connectivity index (χ0v) is 14.2. The summed E-state index contributed by atoms with van der Waals surface area (Å²) in [7, 11) is 0. The van der Waals surface area contributed by atoms with Crippen LogP contribution in [-0.2, 0) is 5.41 Å². The predicted molar refractivity (Wildman–Crippen MR) is 90.2 cm³/mol. The van der Waals surface area contributed by atoms with Crippen LogP contribution in [0, 0.1) is 5.92 Å². The van der Waals surface area contributed by atoms with Crippen molar-refractivity contribution in [2.45, 2.75) is 43.4 Å². The number of aromatic nitrogens is 2. The summed E-state index contributed by atoms with van der Waals surface area (Å²) < 4.78 is 6.05. The largest absolute Gasteiger partial charge is 0.424 e. The number of anilines is 1. The number of carbonyl (C=O) groups excluding carboxylic acids is 1. The SMILES string of the molecule is O=C(Nc1ccsc1)N1C[C@@H]2CCC[C@]2(c2nnc(C3CC3)o2)C1. The quantitative estimate of drug-likeness (QED) is 0.923. The highest BCUT2D eigenvalue weighted by atomic mass is 32.1. The van der Waals surface area contributed by atoms with Crippen molar-refractivity contribution in [1.82, 2.24) is 15.1 Å². The van der Waals surface area contributed by atoms with Crippen LogP contribution < -0.4 is 5.32 Å². The Labute approximate surface area is 144 Å². The maximum Gasteiger partial charge on any atom is 0.321 e. The molecule has 0 unspecified atom stereocenters. The van der Waals surface area contributed by atoms with Gasteiger partial charge >= 0.3 is 6.03 Å². The lowest BCUT2D eigenvalue weighted by Gasteiger charge is -2.24. The van der Waals surface area contributed by atoms with Crippen LogP contribution in [0.25, 0.3) is 0 Å². The fourth-order valence-corrected chi connectivity index (χ4v) is 4.85. The first-order valence-corrected chi connectivity index (χ1v) is 9.61. The van der Waals surface area contributed by atoms with Crippen molar-refractivity contribution in [2.75, 3.05) is 18.4 Å². The molecule has 1 aliphatic heterocycles. The van der Waals surface area contributed by atoms with Crippen LogP contribution in [-0.4, -0.2) is 34.2 Å². The van der Waals surface area contributed by atoms with E-state index in [0.717, 1.165) is 49.7 Å². The monoisotopic (exact) mass is 344 g/mol. The summed E-state index contributed by atoms with van der Waals surface area (Å²) in [6.07, 6.45) is 5.65. The van der Waals surface area contributed by atoms with Gasteiger partial charge in [0.1, 0.15) is 0 Å². The van der Waals surface area contributed by atoms with Crippen LogP contribution in [0.1, 0.15) is 49.8 Å². The maximum absolute atomic E-state index is 12.6. The average Bonchev–Trinajstić information content (AvgIpc) is 3.01. The van der Waals surface area contributed by atoms with Gasteiger partial charge in [-0.2, -0.15) is 11.3 Å². The van der Waals surface area contributed by atoms with E-state index in [0.29, 0.717) is 18.4 Å². The van der Waals surface area contributed by atoms with E-state index in [9.17, 15) is 4.79 Å². The second-order valence-corrected chi connectivity index (χ2v) is 8.07. The molecule has 6 nitrogen and oxygen atoms in total. The number of carbonyl (C=O) groups is 1. The minimum atomic E-state index is -0.133. The lowest BCUT2D eigenvalue weighted by Crippen LogP contribution is -2.37. The van der Waals surface area contributed by atoms with Gasteiger partial charge in [0.15, 0.2) is 0 Å². The molecule has 3 heterocycles. The first-order chi connectivity index (χ1) is 11.7. The van der Waals surface area contributed by atoms with E-state index in [1.54, 1.807) is 11.3 Å². The summed E-state index contributed by atoms with van der Waals surface area (Å²) in [4.78, 5) is 14.5. The van der Waals surface area contributed by atoms with Crippen LogP contribution in [0.4, 0.5) is 10.5 Å². The zero-order chi connectivity index (χ0) is 16.1. The molecule has 2 aromatic heterocycles. The van der Waals surface area contributed by atoms with E-state index in [-0.39, 0.29) is 11.4 Å². The third-order valence-electron chi connectivity index (χ3n) is 5.72. The Hall–Kier alpha value is -1.89. The number of thiophene rings is 1. The lowest BCUT2D eigenvalue weighted by molar-refractivity contribution is 0.215. The average molecular weight is 344 g/mol. The second kappa shape index (κ2) is 5.31. The lowest BCUT2D eigenvalue weighted by atomic mass is 9.80. The van der Waals surface area contributed by atoms with Crippen molar-refractivity contribution in [1.29, 1.82) is 0 Å². The molecule has 0 radical (unpaired) electrons. The Morgan fingerprint density at radius 2 is 2.29 bits per heavy atom. The van der Waals surface area contributed by atoms with Gasteiger partial charge in [-0.25, -0.2) is 4.79 Å². The standard InChI is InChI=1S/C17H20N4O2S/c22-16(18-13-5-7-24-9-13)21-8-12-2-1-6-17(12,10-21)15-20-19-14(23-15)11-3-4-11/h5,7,9,11-12H,1-4,6,8,10H2,(H,18,22)/t12-,17-/m0/s1. The van der Waals surface area contributed by atoms with Gasteiger partial charge in [-0.05, 0) is 43.0 Å². The first-order valence-electron chi connectivity index (χ1n) is 8.67. The third-order valence-corrected chi connectivity index (χ3v) is 6.41. The van der Waals surface area contributed by atoms with Gasteiger partial charge in [0.2, 0.25) is 11.8 Å². The number of hydrogen-bond donors (Lipinski definition) is 1. The summed E-state index contributed by atoms with van der Waals surface area (Å²) in [6, 6.07) is 1.90. The van der Waals surface area contributed by atoms with Gasteiger partial charge < -0.3 is 14.6 Å². The van der Waals surface area contributed by atoms with E-state index >= 15 is 0 Å². The van der Waals surface area contributed by atoms with Crippen LogP contribution in [0.3, 0.4) is 0 Å². The van der Waals surface area contributed by atoms with Crippen LogP contribution in [0.2, 0.25) is 0 Å². The van der Waals surface area contributed by atoms with Crippen LogP contribution in [0.5, 0.6) is 0 Å². The molecule has 1 saturated heterocycles. The molecule has 2 saturated carbocycles. The summed E-state index contributed by atoms with van der Waals surface area (Å²) in [5, 5.41) is 15.6. The number of amides is 2. The Kier molecular flexibility index (Phi) is 3.20. The highest BCUT2D eigenvalue weighted by Gasteiger charge is 2.55. The van der Waals surface area contributed by atoms with Crippen molar-refractivity contribution in [3.63, 3.8) is 0 Å². The van der Waals surface area contributed by atoms with Gasteiger partial charge in [-0.3, -0.25) is 0 Å². The molecule has 1 N–H and O–H groups in total. The molecule has 5 rings (SSSR count). The molecule has 7 heteroatoms. The number of hydrogen-bond acceptors (Lipinski definition) is 5. The first kappa shape index (κ1) is 14.5. The van der Waals surface area contributed by atoms with E-state index < -0.39 is 0 Å². The van der Waals surface area contributed by atoms with Crippen molar-refractivity contribution >= 4 is 23.1 Å². The van der Waals surface area contributed by atoms with Gasteiger partial charge in [0.05, 0.1) is 11.1 Å². The van der Waals surface area contributed by atoms with Crippen molar-refractivity contribution < 1.29 is 9.21 Å². The molecular formula is C17H20N4O2S. The van der Waals surface area contributed by atoms with Crippen molar-refractivity contribution in [3.05, 3.63) is 28.6 Å². The molecule has 3 fully saturated rings. The van der Waals surface area contributed by atoms with Gasteiger partial charge in [-0.1, -0.05) is 6.42 Å². The van der Waals surface area contributed by atoms with E-state index in [1.807, 2.05) is 21.7 Å². The molecule has 0 bridgehead atoms. The maximum atomic E-state index is 12.6. The summed E-state index contributed by atoms with van der Waals surface area (Å²) >= 11 is 1.58. The number of urea groups is 1. The molecular weight excluding hydrogens is 324 g/mol. The number of rotatable bonds is 3. The Bertz CT molecular complexity index is 754. The van der Waals surface area contributed by atoms with E-state index in [4.69, 9.17) is 4.42 Å². The van der Waals surface area contributed by atoms with Gasteiger partial charge in [-0.15, -0.1) is 10.2 Å². The summed E-state index contributed by atoms with van der Waals surface area (Å²) in [5.74, 6) is 2.46. The number of fused-ring (bicyclic) bond motifs is 1. The molecule has 0 spiro atoms. The molecule has 3 aliphatic rings. The Balaban J connectivity index is 1.37. The van der Waals surface area contributed by atoms with Crippen LogP contribution >= 0.6 is 11.3 Å². The molecule has 24 heavy (non-hydrogen) atoms. The second-order valence-electron chi connectivity index (χ2n) is 7.29. The molecule has 2 aliphatic carbocycles. The highest BCUT2D eigenvalue weighted by molar-refractivity contribution is 7.08. The molecule has 2 atom stereocenters. The zero-order valence-electron chi connectivity index (χ0n) is 13.4. The fraction of sp³-hybridized carbons (Fsp3) is 0.588. The molecule has 2 amide bonds. The summed E-state index contributed by atoms with van der Waals surface area (Å²) in [5.41, 5.74) is 0.733. The predicted octanol–water partition coefficient (Wildman–Crippen LogP) is 3.59. The minimum Gasteiger partial charge on any atom is -0.424 e. The highest BCUT2D eigenvalue weighted by Crippen LogP contribution is 2.51. The molecule has 126 valence electrons. The fourth-order valence-electron chi connectivity index (χ4n) is 4.26. The van der Waals surface area contributed by atoms with Crippen molar-refractivity contribution in [3.8, 4) is 0 Å². The number of nitrogens with one attached hydrogen (secondary N) is 1. The molecule has 2 aromatic rings. The topological polar surface area (TPSA) is 71.3 Å². The number of likely N-dealkylation sites (tertiary alicyclic amines) is 1. The van der Waals surface area contributed by atoms with Gasteiger partial charge in [0, 0.05) is 24.4 Å². The third kappa shape index (κ3) is 2.25. The van der Waals surface area contributed by atoms with Crippen molar-refractivity contribution in [2.24, 2.45) is 5.92 Å². The Morgan fingerprint density at radius 1 is 1.38 bits per heavy atom. The number of nitrogens with zero attached hydrogens (tertiary/aromatic N) is 3. The summed E-state index contributed by atoms with van der Waals surface area (Å²) in [6.45, 7) is 1.46.